The van der Waals surface area contributed by atoms with Crippen LogP contribution in [-0.4, -0.2) is 10.8 Å². The first-order valence-corrected chi connectivity index (χ1v) is 3.45. The average Bonchev–Trinajstić information content (AvgIpc) is 2.49. The fraction of sp³-hybridized carbons (Fsp3) is 0. The minimum Gasteiger partial charge on any atom is -0.443 e. The molecule has 0 atom stereocenters. The summed E-state index contributed by atoms with van der Waals surface area (Å²) in [5.41, 5.74) is 7.38. The zero-order valence-corrected chi connectivity index (χ0v) is 6.24. The second-order valence-electron chi connectivity index (χ2n) is 2.45. The third-order valence-electron chi connectivity index (χ3n) is 1.64. The van der Waals surface area contributed by atoms with E-state index in [2.05, 4.69) is 4.98 Å². The van der Waals surface area contributed by atoms with Crippen LogP contribution in [0.2, 0.25) is 0 Å². The third-order valence-corrected chi connectivity index (χ3v) is 1.64. The number of hydrogen-bond donors (Lipinski definition) is 2. The highest BCUT2D eigenvalue weighted by atomic mass is 16.3. The van der Waals surface area contributed by atoms with E-state index in [1.807, 2.05) is 0 Å². The van der Waals surface area contributed by atoms with Gasteiger partial charge in [-0.15, -0.1) is 0 Å². The predicted octanol–water partition coefficient (Wildman–Crippen LogP) is 1.11. The molecule has 0 amide bonds. The van der Waals surface area contributed by atoms with Crippen LogP contribution in [0.4, 0.5) is 0 Å². The third kappa shape index (κ3) is 0.934. The predicted molar refractivity (Wildman–Crippen MR) is 45.0 cm³/mol. The lowest BCUT2D eigenvalue weighted by Crippen LogP contribution is -2.10. The molecule has 0 bridgehead atoms. The molecule has 0 saturated carbocycles. The lowest BCUT2D eigenvalue weighted by molar-refractivity contribution is 0.602. The Morgan fingerprint density at radius 2 is 2.33 bits per heavy atom. The van der Waals surface area contributed by atoms with Gasteiger partial charge in [0.15, 0.2) is 12.0 Å². The smallest absolute Gasteiger partial charge is 0.181 e. The highest BCUT2D eigenvalue weighted by molar-refractivity contribution is 5.97. The van der Waals surface area contributed by atoms with Crippen molar-refractivity contribution < 1.29 is 4.42 Å². The van der Waals surface area contributed by atoms with Gasteiger partial charge in [0.05, 0.1) is 0 Å². The molecule has 1 aromatic carbocycles. The van der Waals surface area contributed by atoms with Crippen LogP contribution in [0, 0.1) is 5.41 Å². The molecule has 0 aliphatic rings. The Balaban J connectivity index is 2.68. The van der Waals surface area contributed by atoms with Gasteiger partial charge < -0.3 is 10.2 Å². The normalized spacial score (nSPS) is 10.3. The van der Waals surface area contributed by atoms with E-state index in [0.717, 1.165) is 5.52 Å². The van der Waals surface area contributed by atoms with Crippen molar-refractivity contribution >= 4 is 16.9 Å². The molecule has 0 aliphatic carbocycles. The quantitative estimate of drug-likeness (QED) is 0.486. The van der Waals surface area contributed by atoms with E-state index in [-0.39, 0.29) is 5.84 Å². The SMILES string of the molecule is N=C(N)c1ccc2ncoc2c1. The summed E-state index contributed by atoms with van der Waals surface area (Å²) in [5, 5.41) is 7.18. The molecule has 4 heteroatoms. The van der Waals surface area contributed by atoms with Gasteiger partial charge in [0.25, 0.3) is 0 Å². The van der Waals surface area contributed by atoms with Crippen molar-refractivity contribution in [1.82, 2.24) is 4.98 Å². The summed E-state index contributed by atoms with van der Waals surface area (Å²) in [7, 11) is 0. The van der Waals surface area contributed by atoms with Crippen LogP contribution in [0.15, 0.2) is 29.0 Å². The van der Waals surface area contributed by atoms with Crippen molar-refractivity contribution in [1.29, 1.82) is 5.41 Å². The Labute approximate surface area is 68.5 Å². The Morgan fingerprint density at radius 3 is 3.08 bits per heavy atom. The molecule has 12 heavy (non-hydrogen) atoms. The Morgan fingerprint density at radius 1 is 1.50 bits per heavy atom. The van der Waals surface area contributed by atoms with E-state index in [9.17, 15) is 0 Å². The molecule has 2 rings (SSSR count). The minimum absolute atomic E-state index is 0.0355. The Kier molecular flexibility index (Phi) is 1.33. The van der Waals surface area contributed by atoms with Crippen LogP contribution in [0.3, 0.4) is 0 Å². The number of benzene rings is 1. The fourth-order valence-electron chi connectivity index (χ4n) is 1.02. The van der Waals surface area contributed by atoms with Crippen LogP contribution in [0.1, 0.15) is 5.56 Å². The number of nitrogens with two attached hydrogens (primary N) is 1. The topological polar surface area (TPSA) is 75.9 Å². The van der Waals surface area contributed by atoms with Gasteiger partial charge in [-0.2, -0.15) is 0 Å². The van der Waals surface area contributed by atoms with Crippen LogP contribution in [0.5, 0.6) is 0 Å². The molecule has 0 radical (unpaired) electrons. The monoisotopic (exact) mass is 161 g/mol. The summed E-state index contributed by atoms with van der Waals surface area (Å²) in [5.74, 6) is 0.0355. The van der Waals surface area contributed by atoms with Gasteiger partial charge in [-0.3, -0.25) is 5.41 Å². The zero-order chi connectivity index (χ0) is 8.55. The Bertz CT molecular complexity index is 433. The molecule has 0 fully saturated rings. The maximum Gasteiger partial charge on any atom is 0.181 e. The van der Waals surface area contributed by atoms with Gasteiger partial charge in [-0.1, -0.05) is 0 Å². The minimum atomic E-state index is 0.0355. The average molecular weight is 161 g/mol. The van der Waals surface area contributed by atoms with Crippen LogP contribution in [-0.2, 0) is 0 Å². The molecule has 0 unspecified atom stereocenters. The van der Waals surface area contributed by atoms with Gasteiger partial charge in [-0.25, -0.2) is 4.98 Å². The van der Waals surface area contributed by atoms with Crippen molar-refractivity contribution in [3.8, 4) is 0 Å². The highest BCUT2D eigenvalue weighted by Gasteiger charge is 2.01. The molecule has 0 spiro atoms. The number of amidine groups is 1. The molecule has 1 aromatic heterocycles. The highest BCUT2D eigenvalue weighted by Crippen LogP contribution is 2.13. The zero-order valence-electron chi connectivity index (χ0n) is 6.24. The maximum atomic E-state index is 7.18. The number of nitrogens with zero attached hydrogens (tertiary/aromatic N) is 1. The first-order valence-electron chi connectivity index (χ1n) is 3.45. The van der Waals surface area contributed by atoms with Crippen molar-refractivity contribution in [2.24, 2.45) is 5.73 Å². The number of hydrogen-bond acceptors (Lipinski definition) is 3. The molecule has 0 aliphatic heterocycles. The van der Waals surface area contributed by atoms with Gasteiger partial charge in [0, 0.05) is 5.56 Å². The number of fused-ring (bicyclic) bond motifs is 1. The van der Waals surface area contributed by atoms with Crippen molar-refractivity contribution in [2.45, 2.75) is 0 Å². The second kappa shape index (κ2) is 2.34. The number of oxazole rings is 1. The summed E-state index contributed by atoms with van der Waals surface area (Å²) < 4.78 is 5.05. The molecule has 2 aromatic rings. The van der Waals surface area contributed by atoms with E-state index in [4.69, 9.17) is 15.6 Å². The largest absolute Gasteiger partial charge is 0.443 e. The molecule has 60 valence electrons. The molecule has 4 nitrogen and oxygen atoms in total. The maximum absolute atomic E-state index is 7.18. The van der Waals surface area contributed by atoms with Crippen LogP contribution in [0.25, 0.3) is 11.1 Å². The number of rotatable bonds is 1. The molecule has 0 saturated heterocycles. The fourth-order valence-corrected chi connectivity index (χ4v) is 1.02. The van der Waals surface area contributed by atoms with Gasteiger partial charge in [0.1, 0.15) is 11.4 Å². The number of aromatic nitrogens is 1. The number of nitrogens with one attached hydrogen (secondary N) is 1. The Hall–Kier alpha value is -1.84. The van der Waals surface area contributed by atoms with E-state index in [1.54, 1.807) is 18.2 Å². The summed E-state index contributed by atoms with van der Waals surface area (Å²) >= 11 is 0. The first kappa shape index (κ1) is 6.84. The summed E-state index contributed by atoms with van der Waals surface area (Å²) in [6, 6.07) is 5.22. The van der Waals surface area contributed by atoms with Crippen molar-refractivity contribution in [2.75, 3.05) is 0 Å². The van der Waals surface area contributed by atoms with E-state index in [0.29, 0.717) is 11.1 Å². The van der Waals surface area contributed by atoms with Crippen LogP contribution >= 0.6 is 0 Å². The van der Waals surface area contributed by atoms with Crippen molar-refractivity contribution in [3.05, 3.63) is 30.2 Å². The van der Waals surface area contributed by atoms with Crippen molar-refractivity contribution in [3.63, 3.8) is 0 Å². The summed E-state index contributed by atoms with van der Waals surface area (Å²) in [6.07, 6.45) is 1.37. The molecular weight excluding hydrogens is 154 g/mol. The summed E-state index contributed by atoms with van der Waals surface area (Å²) in [6.45, 7) is 0. The standard InChI is InChI=1S/C8H7N3O/c9-8(10)5-1-2-6-7(3-5)12-4-11-6/h1-4H,(H3,9,10). The van der Waals surface area contributed by atoms with E-state index < -0.39 is 0 Å². The molecule has 1 heterocycles. The van der Waals surface area contributed by atoms with E-state index >= 15 is 0 Å². The summed E-state index contributed by atoms with van der Waals surface area (Å²) in [4.78, 5) is 3.94. The lowest BCUT2D eigenvalue weighted by atomic mass is 10.2. The van der Waals surface area contributed by atoms with Gasteiger partial charge in [0.2, 0.25) is 0 Å². The lowest BCUT2D eigenvalue weighted by Gasteiger charge is -1.95. The second-order valence-corrected chi connectivity index (χ2v) is 2.45. The molecule has 3 N–H and O–H groups in total. The first-order chi connectivity index (χ1) is 5.77. The van der Waals surface area contributed by atoms with Gasteiger partial charge in [-0.05, 0) is 18.2 Å². The van der Waals surface area contributed by atoms with E-state index in [1.165, 1.54) is 6.39 Å². The number of nitrogen functional groups attached to an aromatic ring is 1. The van der Waals surface area contributed by atoms with Gasteiger partial charge >= 0.3 is 0 Å². The molecular formula is C8H7N3O. The van der Waals surface area contributed by atoms with Crippen LogP contribution < -0.4 is 5.73 Å².